The highest BCUT2D eigenvalue weighted by Gasteiger charge is 2.19. The molecule has 26 heavy (non-hydrogen) atoms. The van der Waals surface area contributed by atoms with Gasteiger partial charge >= 0.3 is 0 Å². The number of benzene rings is 2. The molecule has 2 aromatic heterocycles. The van der Waals surface area contributed by atoms with E-state index in [-0.39, 0.29) is 0 Å². The van der Waals surface area contributed by atoms with Crippen molar-refractivity contribution >= 4 is 11.5 Å². The number of anilines is 1. The first-order valence-electron chi connectivity index (χ1n) is 8.52. The van der Waals surface area contributed by atoms with Crippen LogP contribution in [0.15, 0.2) is 78.9 Å². The maximum absolute atomic E-state index is 9.74. The van der Waals surface area contributed by atoms with E-state index >= 15 is 0 Å². The summed E-state index contributed by atoms with van der Waals surface area (Å²) in [4.78, 5) is 4.82. The first-order valence-corrected chi connectivity index (χ1v) is 8.52. The van der Waals surface area contributed by atoms with Crippen molar-refractivity contribution in [2.24, 2.45) is 0 Å². The van der Waals surface area contributed by atoms with Crippen molar-refractivity contribution in [3.05, 3.63) is 90.1 Å². The number of nitrogens with zero attached hydrogens (tertiary/aromatic N) is 3. The Morgan fingerprint density at radius 3 is 2.31 bits per heavy atom. The lowest BCUT2D eigenvalue weighted by atomic mass is 10.1. The van der Waals surface area contributed by atoms with Gasteiger partial charge in [0.1, 0.15) is 23.2 Å². The molecule has 126 valence electrons. The van der Waals surface area contributed by atoms with Gasteiger partial charge in [0.25, 0.3) is 0 Å². The molecule has 0 radical (unpaired) electrons. The van der Waals surface area contributed by atoms with Crippen LogP contribution in [-0.2, 0) is 0 Å². The topological polar surface area (TPSA) is 53.1 Å². The largest absolute Gasteiger partial charge is 0.350 e. The second kappa shape index (κ2) is 6.73. The van der Waals surface area contributed by atoms with Crippen molar-refractivity contribution in [2.45, 2.75) is 13.0 Å². The van der Waals surface area contributed by atoms with Crippen LogP contribution in [-0.4, -0.2) is 9.38 Å². The standard InChI is InChI=1S/C22H18N4/c1-16-9-8-14-20-25-21(18-12-6-3-7-13-18)22(26(16)20)24-19(15-23)17-10-4-2-5-11-17/h2-14,19,24H,1H3. The molecule has 4 nitrogen and oxygen atoms in total. The lowest BCUT2D eigenvalue weighted by Crippen LogP contribution is -2.11. The zero-order valence-electron chi connectivity index (χ0n) is 14.4. The Morgan fingerprint density at radius 2 is 1.62 bits per heavy atom. The average molecular weight is 338 g/mol. The molecule has 0 amide bonds. The van der Waals surface area contributed by atoms with Crippen molar-refractivity contribution in [1.82, 2.24) is 9.38 Å². The van der Waals surface area contributed by atoms with Crippen LogP contribution in [0.25, 0.3) is 16.9 Å². The lowest BCUT2D eigenvalue weighted by molar-refractivity contribution is 0.962. The second-order valence-corrected chi connectivity index (χ2v) is 6.15. The Morgan fingerprint density at radius 1 is 0.923 bits per heavy atom. The fraction of sp³-hybridized carbons (Fsp3) is 0.0909. The Hall–Kier alpha value is -3.58. The number of nitriles is 1. The minimum Gasteiger partial charge on any atom is -0.350 e. The molecule has 0 spiro atoms. The summed E-state index contributed by atoms with van der Waals surface area (Å²) in [7, 11) is 0. The van der Waals surface area contributed by atoms with Gasteiger partial charge in [-0.1, -0.05) is 66.7 Å². The van der Waals surface area contributed by atoms with E-state index in [0.29, 0.717) is 0 Å². The molecule has 0 fully saturated rings. The lowest BCUT2D eigenvalue weighted by Gasteiger charge is -2.15. The van der Waals surface area contributed by atoms with E-state index < -0.39 is 6.04 Å². The molecule has 4 aromatic rings. The zero-order valence-corrected chi connectivity index (χ0v) is 14.4. The number of nitrogens with one attached hydrogen (secondary N) is 1. The third-order valence-corrected chi connectivity index (χ3v) is 4.43. The summed E-state index contributed by atoms with van der Waals surface area (Å²) in [5, 5.41) is 13.2. The number of rotatable bonds is 4. The van der Waals surface area contributed by atoms with Gasteiger partial charge in [-0.2, -0.15) is 5.26 Å². The van der Waals surface area contributed by atoms with Crippen LogP contribution in [0.3, 0.4) is 0 Å². The molecule has 0 aliphatic carbocycles. The molecule has 0 bridgehead atoms. The van der Waals surface area contributed by atoms with Crippen LogP contribution in [0.4, 0.5) is 5.82 Å². The first-order chi connectivity index (χ1) is 12.8. The maximum atomic E-state index is 9.74. The molecule has 0 saturated heterocycles. The summed E-state index contributed by atoms with van der Waals surface area (Å²) >= 11 is 0. The number of hydrogen-bond donors (Lipinski definition) is 1. The van der Waals surface area contributed by atoms with E-state index in [1.807, 2.05) is 85.8 Å². The van der Waals surface area contributed by atoms with Crippen LogP contribution >= 0.6 is 0 Å². The number of pyridine rings is 1. The van der Waals surface area contributed by atoms with Gasteiger partial charge in [-0.15, -0.1) is 0 Å². The van der Waals surface area contributed by atoms with Crippen LogP contribution in [0.5, 0.6) is 0 Å². The molecule has 1 N–H and O–H groups in total. The van der Waals surface area contributed by atoms with Crippen LogP contribution < -0.4 is 5.32 Å². The summed E-state index contributed by atoms with van der Waals surface area (Å²) in [5.41, 5.74) is 4.71. The van der Waals surface area contributed by atoms with E-state index in [1.165, 1.54) is 0 Å². The fourth-order valence-corrected chi connectivity index (χ4v) is 3.16. The van der Waals surface area contributed by atoms with Crippen LogP contribution in [0.1, 0.15) is 17.3 Å². The van der Waals surface area contributed by atoms with Crippen molar-refractivity contribution in [3.63, 3.8) is 0 Å². The molecule has 0 aliphatic rings. The van der Waals surface area contributed by atoms with Gasteiger partial charge in [0, 0.05) is 11.3 Å². The van der Waals surface area contributed by atoms with E-state index in [4.69, 9.17) is 4.98 Å². The molecule has 0 aliphatic heterocycles. The molecular formula is C22H18N4. The van der Waals surface area contributed by atoms with E-state index in [9.17, 15) is 5.26 Å². The van der Waals surface area contributed by atoms with Crippen LogP contribution in [0, 0.1) is 18.3 Å². The van der Waals surface area contributed by atoms with E-state index in [0.717, 1.165) is 34.0 Å². The second-order valence-electron chi connectivity index (χ2n) is 6.15. The summed E-state index contributed by atoms with van der Waals surface area (Å²) in [6.45, 7) is 2.04. The third-order valence-electron chi connectivity index (χ3n) is 4.43. The average Bonchev–Trinajstić information content (AvgIpc) is 3.07. The van der Waals surface area contributed by atoms with Gasteiger partial charge in [0.05, 0.1) is 6.07 Å². The van der Waals surface area contributed by atoms with Gasteiger partial charge in [0.2, 0.25) is 0 Å². The smallest absolute Gasteiger partial charge is 0.141 e. The highest BCUT2D eigenvalue weighted by Crippen LogP contribution is 2.32. The fourth-order valence-electron chi connectivity index (χ4n) is 3.16. The highest BCUT2D eigenvalue weighted by molar-refractivity contribution is 5.77. The summed E-state index contributed by atoms with van der Waals surface area (Å²) in [5.74, 6) is 0.833. The Bertz CT molecular complexity index is 1080. The minimum atomic E-state index is -0.460. The number of fused-ring (bicyclic) bond motifs is 1. The molecule has 4 rings (SSSR count). The SMILES string of the molecule is Cc1cccc2nc(-c3ccccc3)c(NC(C#N)c3ccccc3)n12. The number of aromatic nitrogens is 2. The van der Waals surface area contributed by atoms with Gasteiger partial charge in [-0.25, -0.2) is 4.98 Å². The summed E-state index contributed by atoms with van der Waals surface area (Å²) in [6.07, 6.45) is 0. The van der Waals surface area contributed by atoms with Gasteiger partial charge in [-0.05, 0) is 24.6 Å². The van der Waals surface area contributed by atoms with Crippen molar-refractivity contribution in [2.75, 3.05) is 5.32 Å². The normalized spacial score (nSPS) is 11.8. The summed E-state index contributed by atoms with van der Waals surface area (Å²) < 4.78 is 2.07. The predicted molar refractivity (Wildman–Crippen MR) is 104 cm³/mol. The van der Waals surface area contributed by atoms with Gasteiger partial charge < -0.3 is 5.32 Å². The van der Waals surface area contributed by atoms with Gasteiger partial charge in [-0.3, -0.25) is 4.40 Å². The maximum Gasteiger partial charge on any atom is 0.141 e. The molecule has 2 aromatic carbocycles. The Kier molecular flexibility index (Phi) is 4.12. The highest BCUT2D eigenvalue weighted by atomic mass is 15.2. The number of hydrogen-bond acceptors (Lipinski definition) is 3. The first kappa shape index (κ1) is 15.9. The molecule has 4 heteroatoms. The monoisotopic (exact) mass is 338 g/mol. The van der Waals surface area contributed by atoms with Crippen molar-refractivity contribution in [3.8, 4) is 17.3 Å². The quantitative estimate of drug-likeness (QED) is 0.570. The Labute approximate surface area is 152 Å². The third kappa shape index (κ3) is 2.80. The molecule has 0 saturated carbocycles. The molecule has 2 heterocycles. The summed E-state index contributed by atoms with van der Waals surface area (Å²) in [6, 6.07) is 27.7. The van der Waals surface area contributed by atoms with Crippen LogP contribution in [0.2, 0.25) is 0 Å². The molecule has 1 unspecified atom stereocenters. The molecule has 1 atom stereocenters. The molecular weight excluding hydrogens is 320 g/mol. The number of aryl methyl sites for hydroxylation is 1. The minimum absolute atomic E-state index is 0.460. The van der Waals surface area contributed by atoms with Crippen molar-refractivity contribution in [1.29, 1.82) is 5.26 Å². The van der Waals surface area contributed by atoms with Crippen molar-refractivity contribution < 1.29 is 0 Å². The van der Waals surface area contributed by atoms with Gasteiger partial charge in [0.15, 0.2) is 0 Å². The zero-order chi connectivity index (χ0) is 17.9. The number of imidazole rings is 1. The van der Waals surface area contributed by atoms with E-state index in [1.54, 1.807) is 0 Å². The predicted octanol–water partition coefficient (Wildman–Crippen LogP) is 4.99. The van der Waals surface area contributed by atoms with E-state index in [2.05, 4.69) is 15.8 Å². The Balaban J connectivity index is 1.89.